The first-order valence-corrected chi connectivity index (χ1v) is 11.7. The third-order valence-corrected chi connectivity index (χ3v) is 6.65. The topological polar surface area (TPSA) is 82.6 Å². The molecule has 0 amide bonds. The SMILES string of the molecule is C[NH2+][C@H]1CCc2cc(OC)c(OC)c(OC)c2-c2ccc(NCc3ccccc3OC)c(=O)cc21. The van der Waals surface area contributed by atoms with E-state index < -0.39 is 0 Å². The van der Waals surface area contributed by atoms with E-state index in [1.54, 1.807) is 34.5 Å². The molecule has 0 saturated carbocycles. The number of anilines is 1. The average molecular weight is 478 g/mol. The Morgan fingerprint density at radius 1 is 0.914 bits per heavy atom. The number of hydrogen-bond acceptors (Lipinski definition) is 6. The van der Waals surface area contributed by atoms with E-state index in [-0.39, 0.29) is 11.5 Å². The molecule has 0 aliphatic heterocycles. The van der Waals surface area contributed by atoms with Gasteiger partial charge in [-0.2, -0.15) is 0 Å². The number of benzene rings is 2. The second kappa shape index (κ2) is 10.7. The van der Waals surface area contributed by atoms with E-state index in [1.165, 1.54) is 0 Å². The molecule has 0 fully saturated rings. The Morgan fingerprint density at radius 3 is 2.34 bits per heavy atom. The quantitative estimate of drug-likeness (QED) is 0.517. The Bertz CT molecular complexity index is 1270. The molecule has 184 valence electrons. The summed E-state index contributed by atoms with van der Waals surface area (Å²) in [5, 5.41) is 5.47. The summed E-state index contributed by atoms with van der Waals surface area (Å²) in [5.74, 6) is 2.57. The first kappa shape index (κ1) is 24.4. The maximum Gasteiger partial charge on any atom is 0.203 e. The molecule has 4 rings (SSSR count). The summed E-state index contributed by atoms with van der Waals surface area (Å²) in [6, 6.07) is 15.5. The van der Waals surface area contributed by atoms with E-state index in [2.05, 4.69) is 10.6 Å². The summed E-state index contributed by atoms with van der Waals surface area (Å²) in [5.41, 5.74) is 5.43. The highest BCUT2D eigenvalue weighted by molar-refractivity contribution is 5.82. The van der Waals surface area contributed by atoms with E-state index in [0.717, 1.165) is 46.4 Å². The van der Waals surface area contributed by atoms with Gasteiger partial charge in [0, 0.05) is 29.7 Å². The standard InChI is InChI=1S/C28H32N2O5/c1-29-21-12-10-17-14-25(33-3)27(34-4)28(35-5)26(17)19-11-13-22(23(31)15-20(19)21)30-16-18-8-6-7-9-24(18)32-2/h6-9,11,13-15,21,29H,10,12,16H2,1-5H3,(H,30,31)/p+1/t21-/m0/s1. The largest absolute Gasteiger partial charge is 0.496 e. The lowest BCUT2D eigenvalue weighted by Crippen LogP contribution is -2.81. The number of nitrogens with one attached hydrogen (secondary N) is 1. The van der Waals surface area contributed by atoms with Gasteiger partial charge in [-0.05, 0) is 41.8 Å². The molecule has 3 aromatic rings. The fourth-order valence-corrected chi connectivity index (χ4v) is 4.87. The minimum Gasteiger partial charge on any atom is -0.496 e. The molecule has 1 atom stereocenters. The van der Waals surface area contributed by atoms with Gasteiger partial charge < -0.3 is 29.6 Å². The van der Waals surface area contributed by atoms with Crippen molar-refractivity contribution in [3.8, 4) is 34.1 Å². The first-order chi connectivity index (χ1) is 17.1. The number of hydrogen-bond donors (Lipinski definition) is 2. The zero-order valence-corrected chi connectivity index (χ0v) is 20.9. The third-order valence-electron chi connectivity index (χ3n) is 6.65. The molecular weight excluding hydrogens is 444 g/mol. The van der Waals surface area contributed by atoms with Crippen LogP contribution in [-0.2, 0) is 13.0 Å². The molecule has 0 saturated heterocycles. The molecule has 0 unspecified atom stereocenters. The number of para-hydroxylation sites is 1. The number of nitrogens with two attached hydrogens (primary N) is 1. The Balaban J connectivity index is 1.87. The van der Waals surface area contributed by atoms with Crippen molar-refractivity contribution < 1.29 is 24.3 Å². The van der Waals surface area contributed by atoms with Crippen molar-refractivity contribution in [2.24, 2.45) is 0 Å². The van der Waals surface area contributed by atoms with Gasteiger partial charge in [0.25, 0.3) is 0 Å². The number of rotatable bonds is 8. The molecule has 35 heavy (non-hydrogen) atoms. The third kappa shape index (κ3) is 4.64. The molecule has 7 heteroatoms. The van der Waals surface area contributed by atoms with Crippen LogP contribution in [0.5, 0.6) is 23.0 Å². The van der Waals surface area contributed by atoms with Gasteiger partial charge in [0.05, 0.1) is 41.2 Å². The van der Waals surface area contributed by atoms with E-state index in [4.69, 9.17) is 18.9 Å². The van der Waals surface area contributed by atoms with Crippen LogP contribution in [-0.4, -0.2) is 35.5 Å². The van der Waals surface area contributed by atoms with Crippen molar-refractivity contribution in [3.05, 3.63) is 75.4 Å². The zero-order chi connectivity index (χ0) is 24.9. The number of ether oxygens (including phenoxy) is 4. The Labute approximate surface area is 206 Å². The van der Waals surface area contributed by atoms with Gasteiger partial charge in [-0.15, -0.1) is 0 Å². The van der Waals surface area contributed by atoms with Crippen molar-refractivity contribution in [2.45, 2.75) is 25.4 Å². The Hall–Kier alpha value is -3.71. The van der Waals surface area contributed by atoms with E-state index in [0.29, 0.717) is 29.5 Å². The molecular formula is C28H33N2O5+. The van der Waals surface area contributed by atoms with Crippen LogP contribution in [0.1, 0.15) is 29.2 Å². The monoisotopic (exact) mass is 477 g/mol. The molecule has 1 aliphatic carbocycles. The summed E-state index contributed by atoms with van der Waals surface area (Å²) < 4.78 is 22.6. The molecule has 3 N–H and O–H groups in total. The smallest absolute Gasteiger partial charge is 0.203 e. The highest BCUT2D eigenvalue weighted by Crippen LogP contribution is 2.49. The Kier molecular flexibility index (Phi) is 7.46. The number of methoxy groups -OCH3 is 4. The normalized spacial score (nSPS) is 14.3. The van der Waals surface area contributed by atoms with Gasteiger partial charge in [0.15, 0.2) is 11.5 Å². The highest BCUT2D eigenvalue weighted by atomic mass is 16.5. The number of aryl methyl sites for hydroxylation is 1. The lowest BCUT2D eigenvalue weighted by Gasteiger charge is -2.19. The van der Waals surface area contributed by atoms with Crippen LogP contribution in [0, 0.1) is 0 Å². The van der Waals surface area contributed by atoms with Crippen LogP contribution >= 0.6 is 0 Å². The predicted octanol–water partition coefficient (Wildman–Crippen LogP) is 3.54. The average Bonchev–Trinajstić information content (AvgIpc) is 3.14. The lowest BCUT2D eigenvalue weighted by molar-refractivity contribution is -0.670. The second-order valence-electron chi connectivity index (χ2n) is 8.45. The fraction of sp³-hybridized carbons (Fsp3) is 0.321. The molecule has 0 bridgehead atoms. The van der Waals surface area contributed by atoms with Crippen LogP contribution in [0.15, 0.2) is 53.3 Å². The van der Waals surface area contributed by atoms with Crippen LogP contribution in [0.4, 0.5) is 5.69 Å². The molecule has 0 radical (unpaired) electrons. The van der Waals surface area contributed by atoms with Gasteiger partial charge in [0.2, 0.25) is 11.2 Å². The van der Waals surface area contributed by atoms with E-state index >= 15 is 0 Å². The molecule has 7 nitrogen and oxygen atoms in total. The number of quaternary nitrogens is 1. The second-order valence-corrected chi connectivity index (χ2v) is 8.45. The fourth-order valence-electron chi connectivity index (χ4n) is 4.87. The van der Waals surface area contributed by atoms with E-state index in [9.17, 15) is 4.79 Å². The summed E-state index contributed by atoms with van der Waals surface area (Å²) in [6.07, 6.45) is 1.70. The van der Waals surface area contributed by atoms with Crippen molar-refractivity contribution in [2.75, 3.05) is 40.8 Å². The van der Waals surface area contributed by atoms with Crippen LogP contribution < -0.4 is 35.0 Å². The predicted molar refractivity (Wildman–Crippen MR) is 137 cm³/mol. The number of fused-ring (bicyclic) bond motifs is 3. The summed E-state index contributed by atoms with van der Waals surface area (Å²) in [4.78, 5) is 13.3. The zero-order valence-electron chi connectivity index (χ0n) is 20.9. The van der Waals surface area contributed by atoms with Crippen molar-refractivity contribution in [1.82, 2.24) is 0 Å². The molecule has 3 aromatic carbocycles. The molecule has 0 heterocycles. The minimum absolute atomic E-state index is 0.0594. The van der Waals surface area contributed by atoms with Crippen LogP contribution in [0.2, 0.25) is 0 Å². The van der Waals surface area contributed by atoms with Gasteiger partial charge in [-0.3, -0.25) is 4.79 Å². The highest BCUT2D eigenvalue weighted by Gasteiger charge is 2.29. The first-order valence-electron chi connectivity index (χ1n) is 11.7. The molecule has 0 aromatic heterocycles. The van der Waals surface area contributed by atoms with Gasteiger partial charge in [-0.1, -0.05) is 24.3 Å². The maximum absolute atomic E-state index is 13.3. The molecule has 0 spiro atoms. The van der Waals surface area contributed by atoms with Crippen molar-refractivity contribution in [1.29, 1.82) is 0 Å². The van der Waals surface area contributed by atoms with Crippen LogP contribution in [0.25, 0.3) is 11.1 Å². The lowest BCUT2D eigenvalue weighted by atomic mass is 9.95. The Morgan fingerprint density at radius 2 is 1.66 bits per heavy atom. The maximum atomic E-state index is 13.3. The summed E-state index contributed by atoms with van der Waals surface area (Å²) >= 11 is 0. The van der Waals surface area contributed by atoms with Crippen molar-refractivity contribution >= 4 is 5.69 Å². The van der Waals surface area contributed by atoms with Crippen LogP contribution in [0.3, 0.4) is 0 Å². The minimum atomic E-state index is -0.0594. The van der Waals surface area contributed by atoms with Gasteiger partial charge >= 0.3 is 0 Å². The summed E-state index contributed by atoms with van der Waals surface area (Å²) in [7, 11) is 8.55. The van der Waals surface area contributed by atoms with Gasteiger partial charge in [-0.25, -0.2) is 0 Å². The van der Waals surface area contributed by atoms with E-state index in [1.807, 2.05) is 49.5 Å². The summed E-state index contributed by atoms with van der Waals surface area (Å²) in [6.45, 7) is 0.474. The van der Waals surface area contributed by atoms with Crippen molar-refractivity contribution in [3.63, 3.8) is 0 Å². The van der Waals surface area contributed by atoms with Gasteiger partial charge in [0.1, 0.15) is 11.8 Å². The molecule has 1 aliphatic rings.